The monoisotopic (exact) mass is 333 g/mol. The van der Waals surface area contributed by atoms with Crippen LogP contribution in [0.5, 0.6) is 11.5 Å². The normalized spacial score (nSPS) is 19.7. The molecule has 0 aliphatic carbocycles. The molecule has 0 N–H and O–H groups in total. The Kier molecular flexibility index (Phi) is 5.01. The molecule has 2 rings (SSSR count). The van der Waals surface area contributed by atoms with Crippen LogP contribution in [0.25, 0.3) is 0 Å². The van der Waals surface area contributed by atoms with Gasteiger partial charge in [0, 0.05) is 24.7 Å². The van der Waals surface area contributed by atoms with Crippen LogP contribution in [0.1, 0.15) is 18.9 Å². The summed E-state index contributed by atoms with van der Waals surface area (Å²) in [6.45, 7) is 3.15. The zero-order chi connectivity index (χ0) is 15.6. The second kappa shape index (κ2) is 6.42. The van der Waals surface area contributed by atoms with E-state index in [9.17, 15) is 8.42 Å². The molecule has 1 saturated heterocycles. The predicted octanol–water partition coefficient (Wildman–Crippen LogP) is 2.47. The Balaban J connectivity index is 2.48. The minimum Gasteiger partial charge on any atom is -0.493 e. The second-order valence-corrected chi connectivity index (χ2v) is 7.41. The number of methoxy groups -OCH3 is 2. The predicted molar refractivity (Wildman–Crippen MR) is 81.6 cm³/mol. The first-order chi connectivity index (χ1) is 9.93. The molecular weight excluding hydrogens is 314 g/mol. The number of rotatable bonds is 5. The summed E-state index contributed by atoms with van der Waals surface area (Å²) < 4.78 is 37.4. The van der Waals surface area contributed by atoms with Crippen molar-refractivity contribution in [3.63, 3.8) is 0 Å². The van der Waals surface area contributed by atoms with Crippen LogP contribution in [0.4, 0.5) is 0 Å². The van der Waals surface area contributed by atoms with Crippen LogP contribution in [-0.2, 0) is 15.9 Å². The fourth-order valence-corrected chi connectivity index (χ4v) is 4.37. The molecule has 1 unspecified atom stereocenters. The SMILES string of the molecule is COc1cc(S(=O)(=O)N2CCC(C)C2)cc(CCl)c1OC. The van der Waals surface area contributed by atoms with Crippen molar-refractivity contribution >= 4 is 21.6 Å². The van der Waals surface area contributed by atoms with E-state index < -0.39 is 10.0 Å². The molecule has 0 bridgehead atoms. The Hall–Kier alpha value is -0.980. The van der Waals surface area contributed by atoms with Crippen molar-refractivity contribution in [3.8, 4) is 11.5 Å². The minimum atomic E-state index is -3.52. The molecule has 118 valence electrons. The number of halogens is 1. The molecule has 0 spiro atoms. The van der Waals surface area contributed by atoms with Crippen LogP contribution in [-0.4, -0.2) is 40.0 Å². The van der Waals surface area contributed by atoms with Crippen LogP contribution in [0.2, 0.25) is 0 Å². The zero-order valence-electron chi connectivity index (χ0n) is 12.4. The van der Waals surface area contributed by atoms with Gasteiger partial charge in [0.1, 0.15) is 0 Å². The van der Waals surface area contributed by atoms with E-state index in [1.54, 1.807) is 6.07 Å². The van der Waals surface area contributed by atoms with Gasteiger partial charge in [-0.1, -0.05) is 6.92 Å². The molecule has 1 atom stereocenters. The highest BCUT2D eigenvalue weighted by atomic mass is 35.5. The number of nitrogens with zero attached hydrogens (tertiary/aromatic N) is 1. The van der Waals surface area contributed by atoms with Gasteiger partial charge >= 0.3 is 0 Å². The first-order valence-electron chi connectivity index (χ1n) is 6.75. The number of benzene rings is 1. The average molecular weight is 334 g/mol. The molecule has 1 aromatic carbocycles. The van der Waals surface area contributed by atoms with Crippen molar-refractivity contribution in [2.45, 2.75) is 24.1 Å². The lowest BCUT2D eigenvalue weighted by atomic mass is 10.2. The Morgan fingerprint density at radius 2 is 2.05 bits per heavy atom. The largest absolute Gasteiger partial charge is 0.493 e. The first-order valence-corrected chi connectivity index (χ1v) is 8.72. The molecule has 1 heterocycles. The lowest BCUT2D eigenvalue weighted by Crippen LogP contribution is -2.28. The van der Waals surface area contributed by atoms with Gasteiger partial charge in [0.2, 0.25) is 10.0 Å². The molecule has 1 aliphatic heterocycles. The van der Waals surface area contributed by atoms with E-state index in [1.165, 1.54) is 24.6 Å². The molecule has 0 radical (unpaired) electrons. The highest BCUT2D eigenvalue weighted by molar-refractivity contribution is 7.89. The van der Waals surface area contributed by atoms with Gasteiger partial charge in [0.05, 0.1) is 25.0 Å². The molecule has 0 saturated carbocycles. The summed E-state index contributed by atoms with van der Waals surface area (Å²) in [6.07, 6.45) is 0.884. The Morgan fingerprint density at radius 3 is 2.52 bits per heavy atom. The van der Waals surface area contributed by atoms with Crippen molar-refractivity contribution in [2.24, 2.45) is 5.92 Å². The van der Waals surface area contributed by atoms with E-state index in [4.69, 9.17) is 21.1 Å². The standard InChI is InChI=1S/C14H20ClNO4S/c1-10-4-5-16(9-10)21(17,18)12-6-11(8-15)14(20-3)13(7-12)19-2/h6-7,10H,4-5,8-9H2,1-3H3. The van der Waals surface area contributed by atoms with Gasteiger partial charge in [-0.2, -0.15) is 4.31 Å². The van der Waals surface area contributed by atoms with E-state index in [2.05, 4.69) is 0 Å². The van der Waals surface area contributed by atoms with Crippen molar-refractivity contribution < 1.29 is 17.9 Å². The van der Waals surface area contributed by atoms with E-state index in [-0.39, 0.29) is 10.8 Å². The van der Waals surface area contributed by atoms with E-state index >= 15 is 0 Å². The van der Waals surface area contributed by atoms with Gasteiger partial charge in [-0.25, -0.2) is 8.42 Å². The molecular formula is C14H20ClNO4S. The third kappa shape index (κ3) is 3.12. The van der Waals surface area contributed by atoms with Gasteiger partial charge in [-0.05, 0) is 18.4 Å². The first kappa shape index (κ1) is 16.4. The fraction of sp³-hybridized carbons (Fsp3) is 0.571. The average Bonchev–Trinajstić information content (AvgIpc) is 2.92. The van der Waals surface area contributed by atoms with Crippen LogP contribution in [0.3, 0.4) is 0 Å². The minimum absolute atomic E-state index is 0.152. The van der Waals surface area contributed by atoms with Crippen molar-refractivity contribution in [3.05, 3.63) is 17.7 Å². The third-order valence-corrected chi connectivity index (χ3v) is 5.83. The Labute approximate surface area is 130 Å². The summed E-state index contributed by atoms with van der Waals surface area (Å²) in [7, 11) is -0.542. The maximum atomic E-state index is 12.7. The highest BCUT2D eigenvalue weighted by Gasteiger charge is 2.31. The molecule has 1 aromatic rings. The van der Waals surface area contributed by atoms with Crippen LogP contribution in [0, 0.1) is 5.92 Å². The number of sulfonamides is 1. The second-order valence-electron chi connectivity index (χ2n) is 5.21. The maximum absolute atomic E-state index is 12.7. The number of alkyl halides is 1. The Bertz CT molecular complexity index is 592. The summed E-state index contributed by atoms with van der Waals surface area (Å²) in [4.78, 5) is 0.199. The van der Waals surface area contributed by atoms with Crippen molar-refractivity contribution in [1.82, 2.24) is 4.31 Å². The molecule has 7 heteroatoms. The van der Waals surface area contributed by atoms with Crippen molar-refractivity contribution in [1.29, 1.82) is 0 Å². The van der Waals surface area contributed by atoms with E-state index in [0.29, 0.717) is 36.1 Å². The lowest BCUT2D eigenvalue weighted by Gasteiger charge is -2.19. The number of ether oxygens (including phenoxy) is 2. The number of hydrogen-bond acceptors (Lipinski definition) is 4. The molecule has 0 amide bonds. The van der Waals surface area contributed by atoms with Gasteiger partial charge < -0.3 is 9.47 Å². The summed E-state index contributed by atoms with van der Waals surface area (Å²) in [6, 6.07) is 3.06. The molecule has 1 aliphatic rings. The van der Waals surface area contributed by atoms with Gasteiger partial charge in [0.25, 0.3) is 0 Å². The smallest absolute Gasteiger partial charge is 0.243 e. The Morgan fingerprint density at radius 1 is 1.33 bits per heavy atom. The third-order valence-electron chi connectivity index (χ3n) is 3.70. The quantitative estimate of drug-likeness (QED) is 0.777. The van der Waals surface area contributed by atoms with Crippen LogP contribution >= 0.6 is 11.6 Å². The summed E-state index contributed by atoms with van der Waals surface area (Å²) >= 11 is 5.90. The van der Waals surface area contributed by atoms with Crippen LogP contribution < -0.4 is 9.47 Å². The van der Waals surface area contributed by atoms with Gasteiger partial charge in [-0.3, -0.25) is 0 Å². The summed E-state index contributed by atoms with van der Waals surface area (Å²) in [5, 5.41) is 0. The zero-order valence-corrected chi connectivity index (χ0v) is 14.0. The number of hydrogen-bond donors (Lipinski definition) is 0. The summed E-state index contributed by atoms with van der Waals surface area (Å²) in [5.41, 5.74) is 0.601. The summed E-state index contributed by atoms with van der Waals surface area (Å²) in [5.74, 6) is 1.38. The van der Waals surface area contributed by atoms with E-state index in [0.717, 1.165) is 6.42 Å². The topological polar surface area (TPSA) is 55.8 Å². The molecule has 0 aromatic heterocycles. The fourth-order valence-electron chi connectivity index (χ4n) is 2.53. The van der Waals surface area contributed by atoms with E-state index in [1.807, 2.05) is 6.92 Å². The molecule has 21 heavy (non-hydrogen) atoms. The molecule has 1 fully saturated rings. The van der Waals surface area contributed by atoms with Crippen molar-refractivity contribution in [2.75, 3.05) is 27.3 Å². The van der Waals surface area contributed by atoms with Crippen LogP contribution in [0.15, 0.2) is 17.0 Å². The van der Waals surface area contributed by atoms with Gasteiger partial charge in [-0.15, -0.1) is 11.6 Å². The van der Waals surface area contributed by atoms with Gasteiger partial charge in [0.15, 0.2) is 11.5 Å². The maximum Gasteiger partial charge on any atom is 0.243 e. The highest BCUT2D eigenvalue weighted by Crippen LogP contribution is 2.36. The molecule has 5 nitrogen and oxygen atoms in total. The lowest BCUT2D eigenvalue weighted by molar-refractivity contribution is 0.351.